The topological polar surface area (TPSA) is 54.8 Å². The highest BCUT2D eigenvalue weighted by Gasteiger charge is 2.33. The van der Waals surface area contributed by atoms with E-state index in [1.54, 1.807) is 0 Å². The number of allylic oxidation sites excluding steroid dienone is 1. The van der Waals surface area contributed by atoms with E-state index in [-0.39, 0.29) is 5.41 Å². The Morgan fingerprint density at radius 1 is 0.690 bits per heavy atom. The van der Waals surface area contributed by atoms with Crippen LogP contribution in [0.15, 0.2) is 184 Å². The van der Waals surface area contributed by atoms with Crippen molar-refractivity contribution in [3.63, 3.8) is 0 Å². The van der Waals surface area contributed by atoms with E-state index in [0.29, 0.717) is 5.84 Å². The third-order valence-corrected chi connectivity index (χ3v) is 13.3. The number of amidine groups is 2. The number of aliphatic imine (C=N–C) groups is 2. The van der Waals surface area contributed by atoms with Gasteiger partial charge < -0.3 is 14.3 Å². The van der Waals surface area contributed by atoms with E-state index in [0.717, 1.165) is 56.6 Å². The molecule has 10 aromatic rings. The van der Waals surface area contributed by atoms with E-state index in [2.05, 4.69) is 181 Å². The monoisotopic (exact) mass is 764 g/mol. The van der Waals surface area contributed by atoms with Crippen molar-refractivity contribution < 1.29 is 4.42 Å². The van der Waals surface area contributed by atoms with Crippen molar-refractivity contribution in [2.45, 2.75) is 24.9 Å². The third-order valence-electron chi connectivity index (χ3n) is 12.1. The van der Waals surface area contributed by atoms with Gasteiger partial charge >= 0.3 is 0 Å². The van der Waals surface area contributed by atoms with Crippen molar-refractivity contribution in [1.29, 1.82) is 0 Å². The zero-order chi connectivity index (χ0) is 38.4. The fraction of sp³-hybridized carbons (Fsp3) is 0.0769. The molecular formula is C52H36N4OS. The standard InChI is InChI=1S/C52H36N4OS/c1-52(33-14-3-2-4-15-33)29-28-44-41(31-52)34-16-5-9-22-42(34)56(44)43-23-10-6-19-38(43)50-53-49(32-26-27-47-40(30-32)36-18-8-12-25-46(36)58-47)54-51(55-50)39-21-13-20-37-35-17-7-11-24-45(35)57-48(37)39/h2-30,51H,31H2,1H3,(H,53,54,55)/t51?,52-/m1/s1. The Labute approximate surface area is 338 Å². The fourth-order valence-corrected chi connectivity index (χ4v) is 10.3. The largest absolute Gasteiger partial charge is 0.456 e. The van der Waals surface area contributed by atoms with Crippen molar-refractivity contribution >= 4 is 82.1 Å². The molecule has 6 heteroatoms. The molecule has 1 N–H and O–H groups in total. The molecule has 0 saturated heterocycles. The summed E-state index contributed by atoms with van der Waals surface area (Å²) in [6.45, 7) is 2.35. The van der Waals surface area contributed by atoms with Crippen molar-refractivity contribution in [2.24, 2.45) is 9.98 Å². The molecule has 12 rings (SSSR count). The normalized spacial score (nSPS) is 17.8. The van der Waals surface area contributed by atoms with E-state index in [1.807, 2.05) is 23.5 Å². The van der Waals surface area contributed by atoms with E-state index in [9.17, 15) is 0 Å². The maximum Gasteiger partial charge on any atom is 0.161 e. The number of benzene rings is 7. The Hall–Kier alpha value is -7.02. The van der Waals surface area contributed by atoms with Gasteiger partial charge in [-0.15, -0.1) is 11.3 Å². The molecule has 2 atom stereocenters. The number of rotatable bonds is 5. The molecule has 0 spiro atoms. The number of para-hydroxylation sites is 4. The molecular weight excluding hydrogens is 729 g/mol. The van der Waals surface area contributed by atoms with Crippen LogP contribution in [0.5, 0.6) is 0 Å². The highest BCUT2D eigenvalue weighted by molar-refractivity contribution is 7.25. The Morgan fingerprint density at radius 3 is 2.34 bits per heavy atom. The lowest BCUT2D eigenvalue weighted by molar-refractivity contribution is 0.588. The summed E-state index contributed by atoms with van der Waals surface area (Å²) in [4.78, 5) is 10.9. The van der Waals surface area contributed by atoms with Gasteiger partial charge in [0.05, 0.1) is 11.2 Å². The second kappa shape index (κ2) is 12.7. The van der Waals surface area contributed by atoms with Crippen LogP contribution in [0.3, 0.4) is 0 Å². The van der Waals surface area contributed by atoms with Crippen LogP contribution in [0.2, 0.25) is 0 Å². The third kappa shape index (κ3) is 5.08. The summed E-state index contributed by atoms with van der Waals surface area (Å²) in [6, 6.07) is 58.2. The summed E-state index contributed by atoms with van der Waals surface area (Å²) in [5.41, 5.74) is 10.6. The Kier molecular flexibility index (Phi) is 7.29. The van der Waals surface area contributed by atoms with Gasteiger partial charge in [-0.3, -0.25) is 0 Å². The van der Waals surface area contributed by atoms with Gasteiger partial charge in [0, 0.05) is 64.1 Å². The molecule has 7 aromatic carbocycles. The van der Waals surface area contributed by atoms with Gasteiger partial charge in [0.25, 0.3) is 0 Å². The number of nitrogens with zero attached hydrogens (tertiary/aromatic N) is 3. The lowest BCUT2D eigenvalue weighted by Gasteiger charge is -2.30. The molecule has 276 valence electrons. The first kappa shape index (κ1) is 33.2. The molecule has 1 aliphatic heterocycles. The number of thiophene rings is 1. The van der Waals surface area contributed by atoms with E-state index >= 15 is 0 Å². The maximum atomic E-state index is 6.60. The quantitative estimate of drug-likeness (QED) is 0.190. The Bertz CT molecular complexity index is 3380. The van der Waals surface area contributed by atoms with E-state index < -0.39 is 6.17 Å². The molecule has 3 aromatic heterocycles. The van der Waals surface area contributed by atoms with Crippen LogP contribution >= 0.6 is 11.3 Å². The second-order valence-electron chi connectivity index (χ2n) is 15.6. The highest BCUT2D eigenvalue weighted by Crippen LogP contribution is 2.43. The number of furan rings is 1. The van der Waals surface area contributed by atoms with E-state index in [1.165, 1.54) is 47.9 Å². The number of hydrogen-bond donors (Lipinski definition) is 1. The molecule has 0 fully saturated rings. The predicted molar refractivity (Wildman–Crippen MR) is 242 cm³/mol. The SMILES string of the molecule is C[C@@]1(c2ccccc2)C=Cc2c(c3ccccc3n2-c2ccccc2C2=NC(c3cccc4c3oc3ccccc34)NC(c3ccc4sc5ccccc5c4c3)=N2)C1. The number of aromatic nitrogens is 1. The zero-order valence-corrected chi connectivity index (χ0v) is 32.5. The van der Waals surface area contributed by atoms with Crippen LogP contribution < -0.4 is 5.32 Å². The van der Waals surface area contributed by atoms with Crippen molar-refractivity contribution in [3.8, 4) is 5.69 Å². The fourth-order valence-electron chi connectivity index (χ4n) is 9.24. The average molecular weight is 765 g/mol. The Morgan fingerprint density at radius 2 is 1.43 bits per heavy atom. The molecule has 0 amide bonds. The molecule has 1 unspecified atom stereocenters. The first-order valence-electron chi connectivity index (χ1n) is 19.8. The lowest BCUT2D eigenvalue weighted by atomic mass is 9.74. The summed E-state index contributed by atoms with van der Waals surface area (Å²) in [7, 11) is 0. The smallest absolute Gasteiger partial charge is 0.161 e. The molecule has 4 heterocycles. The summed E-state index contributed by atoms with van der Waals surface area (Å²) >= 11 is 1.82. The van der Waals surface area contributed by atoms with Crippen LogP contribution in [0.1, 0.15) is 46.6 Å². The molecule has 2 aliphatic rings. The minimum atomic E-state index is -0.462. The minimum absolute atomic E-state index is 0.124. The Balaban J connectivity index is 1.06. The van der Waals surface area contributed by atoms with Crippen molar-refractivity contribution in [2.75, 3.05) is 0 Å². The molecule has 58 heavy (non-hydrogen) atoms. The van der Waals surface area contributed by atoms with Crippen LogP contribution in [0, 0.1) is 0 Å². The van der Waals surface area contributed by atoms with Crippen molar-refractivity contribution in [1.82, 2.24) is 9.88 Å². The van der Waals surface area contributed by atoms with Crippen LogP contribution in [0.25, 0.3) is 64.8 Å². The summed E-state index contributed by atoms with van der Waals surface area (Å²) < 4.78 is 11.5. The van der Waals surface area contributed by atoms with Gasteiger partial charge in [-0.25, -0.2) is 9.98 Å². The highest BCUT2D eigenvalue weighted by atomic mass is 32.1. The van der Waals surface area contributed by atoms with Gasteiger partial charge in [-0.1, -0.05) is 128 Å². The summed E-state index contributed by atoms with van der Waals surface area (Å²) in [5, 5.41) is 9.68. The summed E-state index contributed by atoms with van der Waals surface area (Å²) in [5.74, 6) is 1.44. The molecule has 0 saturated carbocycles. The zero-order valence-electron chi connectivity index (χ0n) is 31.7. The average Bonchev–Trinajstić information content (AvgIpc) is 3.96. The van der Waals surface area contributed by atoms with Crippen molar-refractivity contribution in [3.05, 3.63) is 203 Å². The molecule has 1 aliphatic carbocycles. The van der Waals surface area contributed by atoms with E-state index in [4.69, 9.17) is 14.4 Å². The summed E-state index contributed by atoms with van der Waals surface area (Å²) in [6.07, 6.45) is 5.15. The lowest BCUT2D eigenvalue weighted by Crippen LogP contribution is -2.34. The van der Waals surface area contributed by atoms with Gasteiger partial charge in [-0.05, 0) is 72.2 Å². The first-order valence-corrected chi connectivity index (χ1v) is 20.6. The van der Waals surface area contributed by atoms with Gasteiger partial charge in [0.1, 0.15) is 17.0 Å². The second-order valence-corrected chi connectivity index (χ2v) is 16.7. The first-order chi connectivity index (χ1) is 28.6. The number of hydrogen-bond acceptors (Lipinski definition) is 5. The predicted octanol–water partition coefficient (Wildman–Crippen LogP) is 12.9. The molecule has 0 bridgehead atoms. The molecule has 0 radical (unpaired) electrons. The van der Waals surface area contributed by atoms with Crippen LogP contribution in [-0.2, 0) is 11.8 Å². The van der Waals surface area contributed by atoms with Gasteiger partial charge in [-0.2, -0.15) is 0 Å². The minimum Gasteiger partial charge on any atom is -0.456 e. The van der Waals surface area contributed by atoms with Crippen LogP contribution in [0.4, 0.5) is 0 Å². The van der Waals surface area contributed by atoms with Crippen LogP contribution in [-0.4, -0.2) is 16.2 Å². The number of nitrogens with one attached hydrogen (secondary N) is 1. The number of fused-ring (bicyclic) bond motifs is 9. The van der Waals surface area contributed by atoms with Gasteiger partial charge in [0.2, 0.25) is 0 Å². The maximum absolute atomic E-state index is 6.60. The van der Waals surface area contributed by atoms with Gasteiger partial charge in [0.15, 0.2) is 12.0 Å². The molecule has 5 nitrogen and oxygen atoms in total.